The zero-order valence-corrected chi connectivity index (χ0v) is 15.2. The van der Waals surface area contributed by atoms with Crippen LogP contribution in [0.4, 0.5) is 0 Å². The quantitative estimate of drug-likeness (QED) is 0.724. The lowest BCUT2D eigenvalue weighted by Gasteiger charge is -2.38. The van der Waals surface area contributed by atoms with Gasteiger partial charge in [0.1, 0.15) is 0 Å². The molecule has 0 saturated carbocycles. The van der Waals surface area contributed by atoms with Crippen LogP contribution in [0.5, 0.6) is 0 Å². The van der Waals surface area contributed by atoms with Gasteiger partial charge in [-0.2, -0.15) is 0 Å². The predicted molar refractivity (Wildman–Crippen MR) is 91.8 cm³/mol. The molecule has 0 spiro atoms. The van der Waals surface area contributed by atoms with E-state index in [1.807, 2.05) is 13.8 Å². The summed E-state index contributed by atoms with van der Waals surface area (Å²) in [5.41, 5.74) is -0.708. The van der Waals surface area contributed by atoms with Gasteiger partial charge in [0.15, 0.2) is 0 Å². The molecule has 130 valence electrons. The average Bonchev–Trinajstić information content (AvgIpc) is 2.44. The first kappa shape index (κ1) is 19.4. The van der Waals surface area contributed by atoms with E-state index in [2.05, 4.69) is 24.1 Å². The van der Waals surface area contributed by atoms with Crippen LogP contribution in [0.25, 0.3) is 0 Å². The summed E-state index contributed by atoms with van der Waals surface area (Å²) in [5.74, 6) is 0.890. The Morgan fingerprint density at radius 1 is 1.32 bits per heavy atom. The van der Waals surface area contributed by atoms with E-state index in [9.17, 15) is 9.90 Å². The highest BCUT2D eigenvalue weighted by Gasteiger charge is 2.35. The molecule has 1 aliphatic heterocycles. The highest BCUT2D eigenvalue weighted by atomic mass is 16.3. The number of rotatable bonds is 8. The highest BCUT2D eigenvalue weighted by Crippen LogP contribution is 2.31. The summed E-state index contributed by atoms with van der Waals surface area (Å²) in [6, 6.07) is 0. The Kier molecular flexibility index (Phi) is 7.33. The van der Waals surface area contributed by atoms with E-state index in [1.165, 1.54) is 12.8 Å². The third kappa shape index (κ3) is 6.66. The maximum absolute atomic E-state index is 11.9. The molecule has 0 aromatic carbocycles. The van der Waals surface area contributed by atoms with Crippen molar-refractivity contribution in [3.05, 3.63) is 0 Å². The Hall–Kier alpha value is -0.610. The van der Waals surface area contributed by atoms with Gasteiger partial charge in [-0.1, -0.05) is 26.7 Å². The van der Waals surface area contributed by atoms with E-state index in [4.69, 9.17) is 0 Å². The summed E-state index contributed by atoms with van der Waals surface area (Å²) < 4.78 is 0. The van der Waals surface area contributed by atoms with Gasteiger partial charge in [0.25, 0.3) is 0 Å². The van der Waals surface area contributed by atoms with E-state index >= 15 is 0 Å². The molecule has 0 aromatic rings. The summed E-state index contributed by atoms with van der Waals surface area (Å²) in [7, 11) is 1.73. The minimum atomic E-state index is -0.531. The largest absolute Gasteiger partial charge is 0.390 e. The molecular formula is C18H36N2O2. The number of nitrogens with one attached hydrogen (secondary N) is 1. The fourth-order valence-electron chi connectivity index (χ4n) is 3.23. The third-order valence-corrected chi connectivity index (χ3v) is 5.16. The van der Waals surface area contributed by atoms with E-state index in [1.54, 1.807) is 7.05 Å². The Morgan fingerprint density at radius 3 is 2.41 bits per heavy atom. The molecule has 4 heteroatoms. The van der Waals surface area contributed by atoms with Crippen molar-refractivity contribution < 1.29 is 9.90 Å². The van der Waals surface area contributed by atoms with Crippen LogP contribution < -0.4 is 5.32 Å². The van der Waals surface area contributed by atoms with Crippen LogP contribution in [0.15, 0.2) is 0 Å². The maximum atomic E-state index is 11.9. The molecule has 0 radical (unpaired) electrons. The second kappa shape index (κ2) is 8.30. The summed E-state index contributed by atoms with van der Waals surface area (Å²) >= 11 is 0. The van der Waals surface area contributed by atoms with E-state index in [0.29, 0.717) is 5.92 Å². The number of piperidine rings is 1. The van der Waals surface area contributed by atoms with Crippen LogP contribution in [-0.4, -0.2) is 48.2 Å². The van der Waals surface area contributed by atoms with E-state index in [-0.39, 0.29) is 11.3 Å². The van der Waals surface area contributed by atoms with Crippen molar-refractivity contribution in [1.82, 2.24) is 10.2 Å². The van der Waals surface area contributed by atoms with Crippen molar-refractivity contribution in [3.63, 3.8) is 0 Å². The number of likely N-dealkylation sites (tertiary alicyclic amines) is 1. The van der Waals surface area contributed by atoms with E-state index < -0.39 is 5.60 Å². The summed E-state index contributed by atoms with van der Waals surface area (Å²) in [6.07, 6.45) is 6.29. The van der Waals surface area contributed by atoms with Crippen LogP contribution in [-0.2, 0) is 4.79 Å². The first-order valence-corrected chi connectivity index (χ1v) is 8.83. The summed E-state index contributed by atoms with van der Waals surface area (Å²) in [4.78, 5) is 14.4. The molecule has 0 unspecified atom stereocenters. The van der Waals surface area contributed by atoms with E-state index in [0.717, 1.165) is 45.3 Å². The van der Waals surface area contributed by atoms with Crippen LogP contribution in [0.2, 0.25) is 0 Å². The fourth-order valence-corrected chi connectivity index (χ4v) is 3.23. The molecule has 1 rings (SSSR count). The molecule has 0 aromatic heterocycles. The Labute approximate surface area is 136 Å². The summed E-state index contributed by atoms with van der Waals surface area (Å²) in [6.45, 7) is 11.4. The SMILES string of the molecule is CNC(=O)C1(C)CCN(CC[C@@H](C)CCCC(C)(C)O)CC1. The van der Waals surface area contributed by atoms with Gasteiger partial charge < -0.3 is 15.3 Å². The monoisotopic (exact) mass is 312 g/mol. The second-order valence-electron chi connectivity index (χ2n) is 8.08. The Bertz CT molecular complexity index is 341. The molecule has 2 N–H and O–H groups in total. The lowest BCUT2D eigenvalue weighted by molar-refractivity contribution is -0.132. The van der Waals surface area contributed by atoms with Crippen LogP contribution >= 0.6 is 0 Å². The van der Waals surface area contributed by atoms with Gasteiger partial charge in [-0.25, -0.2) is 0 Å². The topological polar surface area (TPSA) is 52.6 Å². The highest BCUT2D eigenvalue weighted by molar-refractivity contribution is 5.82. The standard InChI is InChI=1S/C18H36N2O2/c1-15(7-6-9-17(2,3)22)8-12-20-13-10-18(4,11-14-20)16(21)19-5/h15,22H,6-14H2,1-5H3,(H,19,21)/t15-/m0/s1. The number of aliphatic hydroxyl groups is 1. The zero-order chi connectivity index (χ0) is 16.8. The molecule has 0 aliphatic carbocycles. The van der Waals surface area contributed by atoms with Crippen LogP contribution in [0, 0.1) is 11.3 Å². The number of nitrogens with zero attached hydrogens (tertiary/aromatic N) is 1. The van der Waals surface area contributed by atoms with Gasteiger partial charge >= 0.3 is 0 Å². The van der Waals surface area contributed by atoms with Gasteiger partial charge in [0.05, 0.1) is 5.60 Å². The van der Waals surface area contributed by atoms with Gasteiger partial charge in [-0.3, -0.25) is 4.79 Å². The number of carbonyl (C=O) groups excluding carboxylic acids is 1. The molecule has 4 nitrogen and oxygen atoms in total. The van der Waals surface area contributed by atoms with Crippen molar-refractivity contribution in [3.8, 4) is 0 Å². The van der Waals surface area contributed by atoms with Crippen molar-refractivity contribution in [2.24, 2.45) is 11.3 Å². The molecule has 1 heterocycles. The molecule has 0 bridgehead atoms. The van der Waals surface area contributed by atoms with Gasteiger partial charge in [-0.15, -0.1) is 0 Å². The van der Waals surface area contributed by atoms with Crippen molar-refractivity contribution >= 4 is 5.91 Å². The first-order chi connectivity index (χ1) is 10.2. The molecular weight excluding hydrogens is 276 g/mol. The molecule has 22 heavy (non-hydrogen) atoms. The fraction of sp³-hybridized carbons (Fsp3) is 0.944. The van der Waals surface area contributed by atoms with Crippen LogP contribution in [0.1, 0.15) is 66.2 Å². The van der Waals surface area contributed by atoms with Gasteiger partial charge in [-0.05, 0) is 65.1 Å². The smallest absolute Gasteiger partial charge is 0.225 e. The van der Waals surface area contributed by atoms with Crippen LogP contribution in [0.3, 0.4) is 0 Å². The predicted octanol–water partition coefficient (Wildman–Crippen LogP) is 2.80. The van der Waals surface area contributed by atoms with Crippen molar-refractivity contribution in [2.75, 3.05) is 26.7 Å². The molecule has 1 fully saturated rings. The first-order valence-electron chi connectivity index (χ1n) is 8.83. The number of hydrogen-bond donors (Lipinski definition) is 2. The minimum Gasteiger partial charge on any atom is -0.390 e. The Balaban J connectivity index is 2.20. The molecule has 1 amide bonds. The van der Waals surface area contributed by atoms with Gasteiger partial charge in [0, 0.05) is 12.5 Å². The average molecular weight is 312 g/mol. The third-order valence-electron chi connectivity index (χ3n) is 5.16. The lowest BCUT2D eigenvalue weighted by atomic mass is 9.79. The minimum absolute atomic E-state index is 0.177. The normalized spacial score (nSPS) is 20.6. The Morgan fingerprint density at radius 2 is 1.91 bits per heavy atom. The number of hydrogen-bond acceptors (Lipinski definition) is 3. The van der Waals surface area contributed by atoms with Crippen molar-refractivity contribution in [1.29, 1.82) is 0 Å². The lowest BCUT2D eigenvalue weighted by Crippen LogP contribution is -2.46. The van der Waals surface area contributed by atoms with Crippen molar-refractivity contribution in [2.45, 2.75) is 71.8 Å². The molecule has 1 atom stereocenters. The number of amides is 1. The molecule has 1 aliphatic rings. The maximum Gasteiger partial charge on any atom is 0.225 e. The molecule has 1 saturated heterocycles. The number of carbonyl (C=O) groups is 1. The van der Waals surface area contributed by atoms with Gasteiger partial charge in [0.2, 0.25) is 5.91 Å². The second-order valence-corrected chi connectivity index (χ2v) is 8.08. The summed E-state index contributed by atoms with van der Waals surface area (Å²) in [5, 5.41) is 12.5. The zero-order valence-electron chi connectivity index (χ0n) is 15.2.